The Labute approximate surface area is 181 Å². The van der Waals surface area contributed by atoms with Crippen LogP contribution in [0.25, 0.3) is 0 Å². The second-order valence-corrected chi connectivity index (χ2v) is 9.51. The molecule has 5 nitrogen and oxygen atoms in total. The topological polar surface area (TPSA) is 52.7 Å². The van der Waals surface area contributed by atoms with Gasteiger partial charge in [0.25, 0.3) is 5.91 Å². The highest BCUT2D eigenvalue weighted by atomic mass is 16.2. The second-order valence-electron chi connectivity index (χ2n) is 9.51. The molecule has 2 amide bonds. The molecule has 0 saturated carbocycles. The summed E-state index contributed by atoms with van der Waals surface area (Å²) in [5.74, 6) is 1.06. The van der Waals surface area contributed by atoms with Crippen LogP contribution in [0.2, 0.25) is 0 Å². The van der Waals surface area contributed by atoms with Crippen LogP contribution >= 0.6 is 0 Å². The first kappa shape index (κ1) is 21.4. The SMILES string of the molecule is Cc1ccc(C(=O)N2CCC(C(=O)NCC[C@@H]3CCCN4CCCC[C@H]34)CC2)cc1. The van der Waals surface area contributed by atoms with Crippen LogP contribution in [0.1, 0.15) is 67.3 Å². The van der Waals surface area contributed by atoms with Crippen molar-refractivity contribution in [2.24, 2.45) is 11.8 Å². The highest BCUT2D eigenvalue weighted by molar-refractivity contribution is 5.94. The molecule has 1 N–H and O–H groups in total. The molecule has 0 bridgehead atoms. The van der Waals surface area contributed by atoms with Gasteiger partial charge in [-0.2, -0.15) is 0 Å². The Balaban J connectivity index is 1.19. The first-order valence-corrected chi connectivity index (χ1v) is 12.0. The monoisotopic (exact) mass is 411 g/mol. The summed E-state index contributed by atoms with van der Waals surface area (Å²) in [5.41, 5.74) is 1.90. The van der Waals surface area contributed by atoms with Crippen LogP contribution in [-0.2, 0) is 4.79 Å². The number of nitrogens with zero attached hydrogens (tertiary/aromatic N) is 2. The maximum absolute atomic E-state index is 12.7. The van der Waals surface area contributed by atoms with Crippen molar-refractivity contribution in [3.8, 4) is 0 Å². The minimum Gasteiger partial charge on any atom is -0.356 e. The zero-order chi connectivity index (χ0) is 20.9. The standard InChI is InChI=1S/C25H37N3O2/c1-19-7-9-22(10-8-19)25(30)28-17-12-21(13-18-28)24(29)26-14-11-20-5-4-16-27-15-3-2-6-23(20)27/h7-10,20-21,23H,2-6,11-18H2,1H3,(H,26,29)/t20-,23+/m0/s1. The largest absolute Gasteiger partial charge is 0.356 e. The van der Waals surface area contributed by atoms with Gasteiger partial charge in [0, 0.05) is 37.2 Å². The molecule has 30 heavy (non-hydrogen) atoms. The number of nitrogens with one attached hydrogen (secondary N) is 1. The molecule has 3 heterocycles. The second kappa shape index (κ2) is 9.95. The van der Waals surface area contributed by atoms with Gasteiger partial charge in [0.2, 0.25) is 5.91 Å². The number of amides is 2. The smallest absolute Gasteiger partial charge is 0.253 e. The number of benzene rings is 1. The van der Waals surface area contributed by atoms with Crippen LogP contribution < -0.4 is 5.32 Å². The number of carbonyl (C=O) groups excluding carboxylic acids is 2. The van der Waals surface area contributed by atoms with Gasteiger partial charge < -0.3 is 15.1 Å². The average Bonchev–Trinajstić information content (AvgIpc) is 2.79. The highest BCUT2D eigenvalue weighted by Gasteiger charge is 2.33. The van der Waals surface area contributed by atoms with E-state index in [4.69, 9.17) is 0 Å². The summed E-state index contributed by atoms with van der Waals surface area (Å²) in [6.07, 6.45) is 9.32. The van der Waals surface area contributed by atoms with E-state index in [2.05, 4.69) is 10.2 Å². The van der Waals surface area contributed by atoms with Crippen molar-refractivity contribution in [2.45, 2.75) is 64.3 Å². The number of carbonyl (C=O) groups is 2. The first-order chi connectivity index (χ1) is 14.6. The Hall–Kier alpha value is -1.88. The van der Waals surface area contributed by atoms with Gasteiger partial charge in [-0.15, -0.1) is 0 Å². The van der Waals surface area contributed by atoms with Crippen LogP contribution in [-0.4, -0.2) is 60.4 Å². The molecule has 0 aliphatic carbocycles. The van der Waals surface area contributed by atoms with Crippen molar-refractivity contribution in [1.82, 2.24) is 15.1 Å². The molecule has 0 aromatic heterocycles. The van der Waals surface area contributed by atoms with Crippen LogP contribution in [0.4, 0.5) is 0 Å². The predicted octanol–water partition coefficient (Wildman–Crippen LogP) is 3.62. The Morgan fingerprint density at radius 1 is 0.933 bits per heavy atom. The zero-order valence-corrected chi connectivity index (χ0v) is 18.4. The van der Waals surface area contributed by atoms with Crippen molar-refractivity contribution >= 4 is 11.8 Å². The lowest BCUT2D eigenvalue weighted by atomic mass is 9.81. The molecule has 3 saturated heterocycles. The van der Waals surface area contributed by atoms with E-state index in [1.165, 1.54) is 45.2 Å². The van der Waals surface area contributed by atoms with Gasteiger partial charge in [0.15, 0.2) is 0 Å². The molecule has 1 aromatic rings. The van der Waals surface area contributed by atoms with Gasteiger partial charge in [-0.25, -0.2) is 0 Å². The predicted molar refractivity (Wildman–Crippen MR) is 119 cm³/mol. The Morgan fingerprint density at radius 3 is 2.43 bits per heavy atom. The quantitative estimate of drug-likeness (QED) is 0.805. The van der Waals surface area contributed by atoms with E-state index in [9.17, 15) is 9.59 Å². The van der Waals surface area contributed by atoms with Crippen molar-refractivity contribution in [2.75, 3.05) is 32.7 Å². The molecule has 0 radical (unpaired) electrons. The molecule has 3 fully saturated rings. The molecule has 4 rings (SSSR count). The highest BCUT2D eigenvalue weighted by Crippen LogP contribution is 2.32. The molecular weight excluding hydrogens is 374 g/mol. The van der Waals surface area contributed by atoms with E-state index in [0.29, 0.717) is 13.1 Å². The summed E-state index contributed by atoms with van der Waals surface area (Å²) in [6, 6.07) is 8.50. The number of aryl methyl sites for hydroxylation is 1. The Bertz CT molecular complexity index is 722. The number of likely N-dealkylation sites (tertiary alicyclic amines) is 1. The van der Waals surface area contributed by atoms with Gasteiger partial charge in [0.1, 0.15) is 0 Å². The number of hydrogen-bond donors (Lipinski definition) is 1. The van der Waals surface area contributed by atoms with Crippen molar-refractivity contribution in [1.29, 1.82) is 0 Å². The number of hydrogen-bond acceptors (Lipinski definition) is 3. The van der Waals surface area contributed by atoms with Gasteiger partial charge in [-0.05, 0) is 83.0 Å². The first-order valence-electron chi connectivity index (χ1n) is 12.0. The molecule has 2 atom stereocenters. The van der Waals surface area contributed by atoms with Gasteiger partial charge >= 0.3 is 0 Å². The van der Waals surface area contributed by atoms with Crippen LogP contribution in [0.5, 0.6) is 0 Å². The van der Waals surface area contributed by atoms with Crippen LogP contribution in [0, 0.1) is 18.8 Å². The summed E-state index contributed by atoms with van der Waals surface area (Å²) in [4.78, 5) is 29.9. The molecule has 1 aromatic carbocycles. The maximum atomic E-state index is 12.7. The normalized spacial score (nSPS) is 25.6. The summed E-state index contributed by atoms with van der Waals surface area (Å²) in [7, 11) is 0. The van der Waals surface area contributed by atoms with Crippen LogP contribution in [0.3, 0.4) is 0 Å². The van der Waals surface area contributed by atoms with E-state index in [1.807, 2.05) is 36.1 Å². The fraction of sp³-hybridized carbons (Fsp3) is 0.680. The number of rotatable bonds is 5. The average molecular weight is 412 g/mol. The third kappa shape index (κ3) is 5.05. The van der Waals surface area contributed by atoms with E-state index < -0.39 is 0 Å². The summed E-state index contributed by atoms with van der Waals surface area (Å²) in [6.45, 7) is 6.71. The Kier molecular flexibility index (Phi) is 7.08. The molecule has 0 unspecified atom stereocenters. The van der Waals surface area contributed by atoms with Crippen molar-refractivity contribution < 1.29 is 9.59 Å². The lowest BCUT2D eigenvalue weighted by molar-refractivity contribution is -0.126. The van der Waals surface area contributed by atoms with E-state index in [0.717, 1.165) is 48.9 Å². The summed E-state index contributed by atoms with van der Waals surface area (Å²) in [5, 5.41) is 3.22. The van der Waals surface area contributed by atoms with Crippen molar-refractivity contribution in [3.63, 3.8) is 0 Å². The lowest BCUT2D eigenvalue weighted by Gasteiger charge is -2.44. The van der Waals surface area contributed by atoms with Crippen LogP contribution in [0.15, 0.2) is 24.3 Å². The van der Waals surface area contributed by atoms with E-state index in [1.54, 1.807) is 0 Å². The third-order valence-electron chi connectivity index (χ3n) is 7.49. The molecule has 5 heteroatoms. The number of fused-ring (bicyclic) bond motifs is 1. The molecule has 3 aliphatic heterocycles. The van der Waals surface area contributed by atoms with Gasteiger partial charge in [-0.3, -0.25) is 9.59 Å². The van der Waals surface area contributed by atoms with E-state index >= 15 is 0 Å². The fourth-order valence-electron chi connectivity index (χ4n) is 5.66. The minimum absolute atomic E-state index is 0.0459. The molecule has 3 aliphatic rings. The molecule has 164 valence electrons. The number of piperidine rings is 3. The summed E-state index contributed by atoms with van der Waals surface area (Å²) < 4.78 is 0. The Morgan fingerprint density at radius 2 is 1.67 bits per heavy atom. The minimum atomic E-state index is 0.0459. The maximum Gasteiger partial charge on any atom is 0.253 e. The third-order valence-corrected chi connectivity index (χ3v) is 7.49. The zero-order valence-electron chi connectivity index (χ0n) is 18.4. The molecule has 0 spiro atoms. The van der Waals surface area contributed by atoms with Crippen molar-refractivity contribution in [3.05, 3.63) is 35.4 Å². The fourth-order valence-corrected chi connectivity index (χ4v) is 5.66. The lowest BCUT2D eigenvalue weighted by Crippen LogP contribution is -2.48. The van der Waals surface area contributed by atoms with E-state index in [-0.39, 0.29) is 17.7 Å². The summed E-state index contributed by atoms with van der Waals surface area (Å²) >= 11 is 0. The molecular formula is C25H37N3O2. The van der Waals surface area contributed by atoms with Gasteiger partial charge in [0.05, 0.1) is 0 Å². The van der Waals surface area contributed by atoms with Gasteiger partial charge in [-0.1, -0.05) is 24.1 Å².